The highest BCUT2D eigenvalue weighted by Gasteiger charge is 2.13. The van der Waals surface area contributed by atoms with Gasteiger partial charge in [-0.15, -0.1) is 5.10 Å². The molecule has 0 aliphatic carbocycles. The number of aryl methyl sites for hydroxylation is 1. The normalized spacial score (nSPS) is 10.9. The van der Waals surface area contributed by atoms with E-state index in [9.17, 15) is 4.79 Å². The number of thioether (sulfide) groups is 1. The van der Waals surface area contributed by atoms with E-state index >= 15 is 0 Å². The van der Waals surface area contributed by atoms with E-state index in [1.54, 1.807) is 11.7 Å². The molecule has 4 rings (SSSR count). The number of nitrogens with one attached hydrogen (secondary N) is 1. The van der Waals surface area contributed by atoms with Crippen molar-refractivity contribution in [3.63, 3.8) is 0 Å². The molecule has 9 heteroatoms. The summed E-state index contributed by atoms with van der Waals surface area (Å²) >= 11 is 1.38. The van der Waals surface area contributed by atoms with Gasteiger partial charge in [-0.25, -0.2) is 9.89 Å². The van der Waals surface area contributed by atoms with Gasteiger partial charge in [-0.05, 0) is 36.2 Å². The van der Waals surface area contributed by atoms with Gasteiger partial charge in [0, 0.05) is 12.1 Å². The van der Waals surface area contributed by atoms with Gasteiger partial charge in [-0.1, -0.05) is 47.3 Å². The van der Waals surface area contributed by atoms with Crippen molar-refractivity contribution < 1.29 is 9.26 Å². The van der Waals surface area contributed by atoms with Gasteiger partial charge in [0.05, 0.1) is 12.9 Å². The molecule has 0 unspecified atom stereocenters. The summed E-state index contributed by atoms with van der Waals surface area (Å²) in [6, 6.07) is 17.4. The molecule has 0 bridgehead atoms. The Labute approximate surface area is 170 Å². The van der Waals surface area contributed by atoms with Gasteiger partial charge >= 0.3 is 5.69 Å². The zero-order valence-corrected chi connectivity index (χ0v) is 16.6. The van der Waals surface area contributed by atoms with Crippen molar-refractivity contribution in [1.82, 2.24) is 24.9 Å². The molecule has 0 aliphatic heterocycles. The maximum atomic E-state index is 12.1. The first kappa shape index (κ1) is 19.0. The van der Waals surface area contributed by atoms with Crippen LogP contribution in [0.15, 0.2) is 69.1 Å². The Hall–Kier alpha value is -3.33. The van der Waals surface area contributed by atoms with Crippen LogP contribution in [0, 0.1) is 0 Å². The Morgan fingerprint density at radius 2 is 1.93 bits per heavy atom. The molecule has 1 N–H and O–H groups in total. The second kappa shape index (κ2) is 8.78. The minimum Gasteiger partial charge on any atom is -0.497 e. The Morgan fingerprint density at radius 1 is 1.14 bits per heavy atom. The Morgan fingerprint density at radius 3 is 2.69 bits per heavy atom. The van der Waals surface area contributed by atoms with Gasteiger partial charge in [0.2, 0.25) is 11.7 Å². The van der Waals surface area contributed by atoms with Crippen LogP contribution in [0.1, 0.15) is 11.5 Å². The quantitative estimate of drug-likeness (QED) is 0.446. The number of nitrogens with zero attached hydrogens (tertiary/aromatic N) is 4. The predicted molar refractivity (Wildman–Crippen MR) is 109 cm³/mol. The fraction of sp³-hybridized carbons (Fsp3) is 0.200. The first-order valence-corrected chi connectivity index (χ1v) is 10.0. The van der Waals surface area contributed by atoms with Crippen molar-refractivity contribution >= 4 is 11.8 Å². The Kier molecular flexibility index (Phi) is 5.76. The highest BCUT2D eigenvalue weighted by molar-refractivity contribution is 7.98. The number of benzene rings is 2. The molecule has 0 saturated carbocycles. The lowest BCUT2D eigenvalue weighted by atomic mass is 10.1. The molecule has 0 saturated heterocycles. The molecule has 2 heterocycles. The molecule has 4 aromatic rings. The fourth-order valence-corrected chi connectivity index (χ4v) is 3.60. The van der Waals surface area contributed by atoms with Crippen molar-refractivity contribution in [3.8, 4) is 17.1 Å². The molecule has 0 atom stereocenters. The number of hydrogen-bond donors (Lipinski definition) is 1. The summed E-state index contributed by atoms with van der Waals surface area (Å²) in [6.07, 6.45) is 0.746. The molecule has 0 amide bonds. The summed E-state index contributed by atoms with van der Waals surface area (Å²) < 4.78 is 12.1. The largest absolute Gasteiger partial charge is 0.497 e. The van der Waals surface area contributed by atoms with Crippen LogP contribution in [0.25, 0.3) is 11.4 Å². The van der Waals surface area contributed by atoms with E-state index in [1.165, 1.54) is 11.8 Å². The van der Waals surface area contributed by atoms with E-state index < -0.39 is 0 Å². The lowest BCUT2D eigenvalue weighted by Gasteiger charge is -2.04. The molecular formula is C20H19N5O3S. The van der Waals surface area contributed by atoms with E-state index in [4.69, 9.17) is 9.26 Å². The van der Waals surface area contributed by atoms with Crippen molar-refractivity contribution in [3.05, 3.63) is 76.5 Å². The van der Waals surface area contributed by atoms with E-state index in [2.05, 4.69) is 20.3 Å². The first-order valence-electron chi connectivity index (χ1n) is 9.02. The molecule has 0 spiro atoms. The summed E-state index contributed by atoms with van der Waals surface area (Å²) in [7, 11) is 1.62. The maximum Gasteiger partial charge on any atom is 0.343 e. The van der Waals surface area contributed by atoms with Crippen LogP contribution in [-0.2, 0) is 18.7 Å². The molecule has 8 nitrogen and oxygen atoms in total. The zero-order chi connectivity index (χ0) is 20.1. The number of ether oxygens (including phenoxy) is 1. The van der Waals surface area contributed by atoms with Gasteiger partial charge in [0.15, 0.2) is 5.16 Å². The molecular weight excluding hydrogens is 390 g/mol. The second-order valence-electron chi connectivity index (χ2n) is 6.23. The van der Waals surface area contributed by atoms with Gasteiger partial charge in [-0.2, -0.15) is 4.98 Å². The molecule has 0 aliphatic rings. The average Bonchev–Trinajstić information content (AvgIpc) is 3.38. The summed E-state index contributed by atoms with van der Waals surface area (Å²) in [4.78, 5) is 16.5. The number of methoxy groups -OCH3 is 1. The van der Waals surface area contributed by atoms with Crippen LogP contribution in [-0.4, -0.2) is 32.0 Å². The third-order valence-electron chi connectivity index (χ3n) is 4.33. The predicted octanol–water partition coefficient (Wildman–Crippen LogP) is 3.17. The van der Waals surface area contributed by atoms with Crippen LogP contribution in [0.5, 0.6) is 5.75 Å². The number of rotatable bonds is 8. The second-order valence-corrected chi connectivity index (χ2v) is 7.17. The minimum atomic E-state index is -0.229. The van der Waals surface area contributed by atoms with Crippen molar-refractivity contribution in [2.45, 2.75) is 23.9 Å². The third kappa shape index (κ3) is 4.57. The number of aromatic amines is 1. The lowest BCUT2D eigenvalue weighted by Crippen LogP contribution is -2.18. The lowest BCUT2D eigenvalue weighted by molar-refractivity contribution is 0.391. The molecule has 2 aromatic heterocycles. The van der Waals surface area contributed by atoms with Crippen molar-refractivity contribution in [1.29, 1.82) is 0 Å². The van der Waals surface area contributed by atoms with Gasteiger partial charge in [0.1, 0.15) is 5.75 Å². The summed E-state index contributed by atoms with van der Waals surface area (Å²) in [5.74, 6) is 2.15. The van der Waals surface area contributed by atoms with Crippen LogP contribution in [0.2, 0.25) is 0 Å². The number of H-pyrrole nitrogens is 1. The summed E-state index contributed by atoms with van der Waals surface area (Å²) in [5, 5.41) is 11.2. The van der Waals surface area contributed by atoms with Gasteiger partial charge in [0.25, 0.3) is 0 Å². The minimum absolute atomic E-state index is 0.229. The van der Waals surface area contributed by atoms with Gasteiger partial charge in [-0.3, -0.25) is 4.57 Å². The average molecular weight is 409 g/mol. The van der Waals surface area contributed by atoms with Crippen molar-refractivity contribution in [2.24, 2.45) is 0 Å². The van der Waals surface area contributed by atoms with E-state index in [0.717, 1.165) is 23.3 Å². The van der Waals surface area contributed by atoms with Crippen LogP contribution < -0.4 is 10.4 Å². The molecule has 29 heavy (non-hydrogen) atoms. The van der Waals surface area contributed by atoms with E-state index in [0.29, 0.717) is 29.2 Å². The topological polar surface area (TPSA) is 98.8 Å². The van der Waals surface area contributed by atoms with E-state index in [1.807, 2.05) is 54.6 Å². The third-order valence-corrected chi connectivity index (χ3v) is 5.29. The molecule has 148 valence electrons. The van der Waals surface area contributed by atoms with Crippen LogP contribution in [0.3, 0.4) is 0 Å². The highest BCUT2D eigenvalue weighted by Crippen LogP contribution is 2.23. The van der Waals surface area contributed by atoms with Gasteiger partial charge < -0.3 is 9.26 Å². The standard InChI is InChI=1S/C20H19N5O3S/c1-27-16-9-7-15(8-10-16)18-21-17(28-24-18)13-29-20-23-22-19(26)25(20)12-11-14-5-3-2-4-6-14/h2-10H,11-13H2,1H3,(H,22,26). The van der Waals surface area contributed by atoms with E-state index in [-0.39, 0.29) is 5.69 Å². The van der Waals surface area contributed by atoms with Crippen molar-refractivity contribution in [2.75, 3.05) is 7.11 Å². The molecule has 0 radical (unpaired) electrons. The fourth-order valence-electron chi connectivity index (χ4n) is 2.79. The SMILES string of the molecule is COc1ccc(-c2noc(CSc3n[nH]c(=O)n3CCc3ccccc3)n2)cc1. The number of hydrogen-bond acceptors (Lipinski definition) is 7. The zero-order valence-electron chi connectivity index (χ0n) is 15.7. The maximum absolute atomic E-state index is 12.1. The molecule has 2 aromatic carbocycles. The Balaban J connectivity index is 1.40. The van der Waals surface area contributed by atoms with Crippen LogP contribution >= 0.6 is 11.8 Å². The smallest absolute Gasteiger partial charge is 0.343 e. The summed E-state index contributed by atoms with van der Waals surface area (Å²) in [6.45, 7) is 0.544. The highest BCUT2D eigenvalue weighted by atomic mass is 32.2. The summed E-state index contributed by atoms with van der Waals surface area (Å²) in [5.41, 5.74) is 1.77. The van der Waals surface area contributed by atoms with Crippen LogP contribution in [0.4, 0.5) is 0 Å². The first-order chi connectivity index (χ1) is 14.2. The monoisotopic (exact) mass is 409 g/mol. The number of aromatic nitrogens is 5. The Bertz CT molecular complexity index is 1120. The molecule has 0 fully saturated rings.